The van der Waals surface area contributed by atoms with Gasteiger partial charge in [-0.15, -0.1) is 11.8 Å². The van der Waals surface area contributed by atoms with Gasteiger partial charge in [-0.05, 0) is 91.1 Å². The van der Waals surface area contributed by atoms with Gasteiger partial charge in [-0.2, -0.15) is 0 Å². The Hall–Kier alpha value is -5.40. The van der Waals surface area contributed by atoms with E-state index in [1.165, 1.54) is 11.8 Å². The maximum Gasteiger partial charge on any atom is 0.272 e. The lowest BCUT2D eigenvalue weighted by atomic mass is 10.0. The molecule has 5 aromatic rings. The van der Waals surface area contributed by atoms with Gasteiger partial charge in [0.1, 0.15) is 5.70 Å². The summed E-state index contributed by atoms with van der Waals surface area (Å²) in [5, 5.41) is 8.35. The largest absolute Gasteiger partial charge is 0.325 e. The number of carbonyl (C=O) groups excluding carboxylic acids is 3. The lowest BCUT2D eigenvalue weighted by molar-refractivity contribution is -0.115. The molecule has 6 nitrogen and oxygen atoms in total. The Bertz CT molecular complexity index is 1870. The molecule has 5 aromatic carbocycles. The maximum atomic E-state index is 13.6. The second kappa shape index (κ2) is 15.1. The van der Waals surface area contributed by atoms with Gasteiger partial charge in [0.25, 0.3) is 11.8 Å². The van der Waals surface area contributed by atoms with Crippen LogP contribution in [0.1, 0.15) is 34.0 Å². The second-order valence-corrected chi connectivity index (χ2v) is 12.3. The molecule has 0 fully saturated rings. The molecule has 1 unspecified atom stereocenters. The highest BCUT2D eigenvalue weighted by molar-refractivity contribution is 8.00. The van der Waals surface area contributed by atoms with Crippen LogP contribution in [0.15, 0.2) is 138 Å². The standard InChI is InChI=1S/C39H35N3O3S/c1-26-17-18-27(2)35(23-26)41-37(43)28(3)46-34-16-10-15-33(25-34)40-39(45)36(42-38(44)32-13-8-5-9-14-32)24-29-19-21-31(22-20-29)30-11-6-4-7-12-30/h4-25,28H,1-3H3,(H,40,45)(H,41,43)(H,42,44)/b36-24+. The molecule has 3 amide bonds. The molecule has 0 aliphatic heterocycles. The summed E-state index contributed by atoms with van der Waals surface area (Å²) in [6, 6.07) is 39.8. The van der Waals surface area contributed by atoms with Crippen molar-refractivity contribution >= 4 is 46.9 Å². The summed E-state index contributed by atoms with van der Waals surface area (Å²) in [6.45, 7) is 5.80. The Morgan fingerprint density at radius 3 is 2.09 bits per heavy atom. The topological polar surface area (TPSA) is 87.3 Å². The van der Waals surface area contributed by atoms with E-state index < -0.39 is 11.8 Å². The average molecular weight is 626 g/mol. The molecule has 5 rings (SSSR count). The Labute approximate surface area is 274 Å². The van der Waals surface area contributed by atoms with E-state index >= 15 is 0 Å². The summed E-state index contributed by atoms with van der Waals surface area (Å²) >= 11 is 1.39. The van der Waals surface area contributed by atoms with Crippen molar-refractivity contribution in [2.75, 3.05) is 10.6 Å². The summed E-state index contributed by atoms with van der Waals surface area (Å²) in [5.74, 6) is -0.976. The SMILES string of the molecule is Cc1ccc(C)c(NC(=O)C(C)Sc2cccc(NC(=O)/C(=C\c3ccc(-c4ccccc4)cc3)NC(=O)c3ccccc3)c2)c1. The lowest BCUT2D eigenvalue weighted by Gasteiger charge is -2.15. The van der Waals surface area contributed by atoms with E-state index in [0.29, 0.717) is 11.3 Å². The fraction of sp³-hybridized carbons (Fsp3) is 0.103. The van der Waals surface area contributed by atoms with Crippen LogP contribution >= 0.6 is 11.8 Å². The molecule has 46 heavy (non-hydrogen) atoms. The number of rotatable bonds is 10. The van der Waals surface area contributed by atoms with E-state index in [0.717, 1.165) is 38.4 Å². The second-order valence-electron chi connectivity index (χ2n) is 10.9. The molecule has 0 saturated carbocycles. The van der Waals surface area contributed by atoms with Gasteiger partial charge in [-0.1, -0.05) is 91.0 Å². The summed E-state index contributed by atoms with van der Waals surface area (Å²) < 4.78 is 0. The number of hydrogen-bond donors (Lipinski definition) is 3. The van der Waals surface area contributed by atoms with Gasteiger partial charge in [0.05, 0.1) is 5.25 Å². The van der Waals surface area contributed by atoms with E-state index in [9.17, 15) is 14.4 Å². The van der Waals surface area contributed by atoms with Gasteiger partial charge >= 0.3 is 0 Å². The van der Waals surface area contributed by atoms with E-state index in [1.54, 1.807) is 36.4 Å². The normalized spacial score (nSPS) is 11.8. The third kappa shape index (κ3) is 8.61. The van der Waals surface area contributed by atoms with E-state index in [1.807, 2.05) is 118 Å². The van der Waals surface area contributed by atoms with Gasteiger partial charge in [-0.3, -0.25) is 14.4 Å². The number of carbonyl (C=O) groups is 3. The molecule has 0 aliphatic carbocycles. The molecule has 230 valence electrons. The molecule has 0 spiro atoms. The van der Waals surface area contributed by atoms with E-state index in [4.69, 9.17) is 0 Å². The third-order valence-corrected chi connectivity index (χ3v) is 8.38. The summed E-state index contributed by atoms with van der Waals surface area (Å²) in [6.07, 6.45) is 1.66. The van der Waals surface area contributed by atoms with Crippen molar-refractivity contribution in [3.8, 4) is 11.1 Å². The lowest BCUT2D eigenvalue weighted by Crippen LogP contribution is -2.30. The maximum absolute atomic E-state index is 13.6. The summed E-state index contributed by atoms with van der Waals surface area (Å²) in [7, 11) is 0. The molecule has 0 saturated heterocycles. The summed E-state index contributed by atoms with van der Waals surface area (Å²) in [4.78, 5) is 40.5. The molecule has 0 radical (unpaired) electrons. The van der Waals surface area contributed by atoms with Crippen LogP contribution in [0.3, 0.4) is 0 Å². The Morgan fingerprint density at radius 2 is 1.37 bits per heavy atom. The van der Waals surface area contributed by atoms with Crippen LogP contribution < -0.4 is 16.0 Å². The first-order valence-corrected chi connectivity index (χ1v) is 15.8. The molecule has 0 aliphatic rings. The fourth-order valence-corrected chi connectivity index (χ4v) is 5.65. The molecule has 0 aromatic heterocycles. The average Bonchev–Trinajstić information content (AvgIpc) is 3.07. The third-order valence-electron chi connectivity index (χ3n) is 7.28. The van der Waals surface area contributed by atoms with Crippen molar-refractivity contribution in [3.05, 3.63) is 155 Å². The van der Waals surface area contributed by atoms with Crippen molar-refractivity contribution in [1.29, 1.82) is 0 Å². The number of hydrogen-bond acceptors (Lipinski definition) is 4. The predicted octanol–water partition coefficient (Wildman–Crippen LogP) is 8.50. The van der Waals surface area contributed by atoms with Crippen LogP contribution in [0.2, 0.25) is 0 Å². The molecular weight excluding hydrogens is 591 g/mol. The predicted molar refractivity (Wildman–Crippen MR) is 189 cm³/mol. The highest BCUT2D eigenvalue weighted by Gasteiger charge is 2.18. The number of anilines is 2. The van der Waals surface area contributed by atoms with Crippen LogP contribution in [0.4, 0.5) is 11.4 Å². The zero-order valence-corrected chi connectivity index (χ0v) is 26.7. The Kier molecular flexibility index (Phi) is 10.5. The zero-order chi connectivity index (χ0) is 32.5. The first-order valence-electron chi connectivity index (χ1n) is 14.9. The molecular formula is C39H35N3O3S. The van der Waals surface area contributed by atoms with Crippen LogP contribution in [0.25, 0.3) is 17.2 Å². The van der Waals surface area contributed by atoms with Crippen LogP contribution in [-0.4, -0.2) is 23.0 Å². The van der Waals surface area contributed by atoms with Crippen LogP contribution in [0, 0.1) is 13.8 Å². The minimum atomic E-state index is -0.473. The number of amides is 3. The quantitative estimate of drug-likeness (QED) is 0.107. The molecule has 0 heterocycles. The first-order chi connectivity index (χ1) is 22.2. The van der Waals surface area contributed by atoms with E-state index in [2.05, 4.69) is 16.0 Å². The first kappa shape index (κ1) is 32.0. The van der Waals surface area contributed by atoms with Gasteiger partial charge in [-0.25, -0.2) is 0 Å². The fourth-order valence-electron chi connectivity index (χ4n) is 4.72. The summed E-state index contributed by atoms with van der Waals surface area (Å²) in [5.41, 5.74) is 6.82. The minimum absolute atomic E-state index is 0.0978. The van der Waals surface area contributed by atoms with Gasteiger partial charge in [0.15, 0.2) is 0 Å². The Balaban J connectivity index is 1.32. The molecule has 7 heteroatoms. The van der Waals surface area contributed by atoms with Crippen molar-refractivity contribution in [2.24, 2.45) is 0 Å². The Morgan fingerprint density at radius 1 is 0.696 bits per heavy atom. The van der Waals surface area contributed by atoms with Crippen molar-refractivity contribution in [2.45, 2.75) is 30.9 Å². The molecule has 1 atom stereocenters. The minimum Gasteiger partial charge on any atom is -0.325 e. The van der Waals surface area contributed by atoms with Crippen molar-refractivity contribution < 1.29 is 14.4 Å². The monoisotopic (exact) mass is 625 g/mol. The number of thioether (sulfide) groups is 1. The van der Waals surface area contributed by atoms with Gasteiger partial charge in [0.2, 0.25) is 5.91 Å². The van der Waals surface area contributed by atoms with Crippen molar-refractivity contribution in [1.82, 2.24) is 5.32 Å². The number of nitrogens with one attached hydrogen (secondary N) is 3. The van der Waals surface area contributed by atoms with Crippen molar-refractivity contribution in [3.63, 3.8) is 0 Å². The zero-order valence-electron chi connectivity index (χ0n) is 25.9. The van der Waals surface area contributed by atoms with Crippen LogP contribution in [0.5, 0.6) is 0 Å². The van der Waals surface area contributed by atoms with Crippen LogP contribution in [-0.2, 0) is 9.59 Å². The highest BCUT2D eigenvalue weighted by Crippen LogP contribution is 2.28. The molecule has 3 N–H and O–H groups in total. The van der Waals surface area contributed by atoms with Gasteiger partial charge in [0, 0.05) is 21.8 Å². The number of benzene rings is 5. The van der Waals surface area contributed by atoms with Gasteiger partial charge < -0.3 is 16.0 Å². The highest BCUT2D eigenvalue weighted by atomic mass is 32.2. The van der Waals surface area contributed by atoms with E-state index in [-0.39, 0.29) is 16.9 Å². The smallest absolute Gasteiger partial charge is 0.272 e. The number of aryl methyl sites for hydroxylation is 2. The molecule has 0 bridgehead atoms.